The minimum Gasteiger partial charge on any atom is -0.310 e. The summed E-state index contributed by atoms with van der Waals surface area (Å²) in [5.74, 6) is 0. The summed E-state index contributed by atoms with van der Waals surface area (Å²) in [4.78, 5) is 17.4. The van der Waals surface area contributed by atoms with Crippen LogP contribution in [0.2, 0.25) is 0 Å². The standard InChI is InChI=1S/C39H25N5S/c1-24-8-12-27(13-9-24)44(28-14-10-25(2)11-15-28)29-16-17-31-34(21-29)39(35-22-30(45-38(31)35)20-26(23-40)41-3)32-6-4-18-42-36(32)37-33(39)7-5-19-43-37/h4-22H,1-2H3/b26-20-. The van der Waals surface area contributed by atoms with Gasteiger partial charge in [-0.1, -0.05) is 53.6 Å². The van der Waals surface area contributed by atoms with Crippen LogP contribution in [-0.2, 0) is 5.41 Å². The van der Waals surface area contributed by atoms with E-state index in [4.69, 9.17) is 16.5 Å². The smallest absolute Gasteiger partial charge is 0.263 e. The van der Waals surface area contributed by atoms with Crippen molar-refractivity contribution in [1.82, 2.24) is 9.97 Å². The molecule has 5 nitrogen and oxygen atoms in total. The quantitative estimate of drug-likeness (QED) is 0.150. The molecule has 0 N–H and O–H groups in total. The third kappa shape index (κ3) is 3.90. The molecule has 0 aliphatic heterocycles. The first-order valence-electron chi connectivity index (χ1n) is 14.7. The number of aromatic nitrogens is 2. The van der Waals surface area contributed by atoms with Crippen LogP contribution in [0.25, 0.3) is 32.7 Å². The van der Waals surface area contributed by atoms with E-state index in [1.165, 1.54) is 16.7 Å². The van der Waals surface area contributed by atoms with E-state index in [0.717, 1.165) is 60.5 Å². The topological polar surface area (TPSA) is 57.2 Å². The van der Waals surface area contributed by atoms with Gasteiger partial charge in [0.25, 0.3) is 5.70 Å². The molecule has 212 valence electrons. The van der Waals surface area contributed by atoms with E-state index in [1.807, 2.05) is 30.6 Å². The summed E-state index contributed by atoms with van der Waals surface area (Å²) in [5, 5.41) is 9.51. The van der Waals surface area contributed by atoms with E-state index in [2.05, 4.69) is 109 Å². The monoisotopic (exact) mass is 595 g/mol. The first-order chi connectivity index (χ1) is 22.0. The van der Waals surface area contributed by atoms with Crippen molar-refractivity contribution in [2.75, 3.05) is 4.90 Å². The maximum absolute atomic E-state index is 9.51. The minimum absolute atomic E-state index is 0.0712. The molecule has 0 bridgehead atoms. The molecule has 0 saturated heterocycles. The molecule has 0 fully saturated rings. The highest BCUT2D eigenvalue weighted by Crippen LogP contribution is 2.64. The maximum atomic E-state index is 9.51. The SMILES string of the molecule is [C-]#[N+]/C(C#N)=C\c1cc2c(s1)-c1ccc(N(c3ccc(C)cc3)c3ccc(C)cc3)cc1C21c2cccnc2-c2ncccc21. The van der Waals surface area contributed by atoms with Gasteiger partial charge in [-0.25, -0.2) is 10.1 Å². The molecule has 0 amide bonds. The Balaban J connectivity index is 1.43. The molecule has 0 unspecified atom stereocenters. The number of pyridine rings is 2. The number of rotatable bonds is 4. The van der Waals surface area contributed by atoms with Crippen molar-refractivity contribution in [1.29, 1.82) is 5.26 Å². The van der Waals surface area contributed by atoms with Crippen molar-refractivity contribution in [3.05, 3.63) is 165 Å². The largest absolute Gasteiger partial charge is 0.310 e. The highest BCUT2D eigenvalue weighted by atomic mass is 32.1. The second kappa shape index (κ2) is 10.1. The van der Waals surface area contributed by atoms with Crippen molar-refractivity contribution in [3.8, 4) is 27.9 Å². The summed E-state index contributed by atoms with van der Waals surface area (Å²) in [6, 6.07) is 36.5. The highest BCUT2D eigenvalue weighted by Gasteiger charge is 2.54. The lowest BCUT2D eigenvalue weighted by atomic mass is 9.71. The highest BCUT2D eigenvalue weighted by molar-refractivity contribution is 7.16. The third-order valence-electron chi connectivity index (χ3n) is 8.81. The van der Waals surface area contributed by atoms with Gasteiger partial charge in [0.05, 0.1) is 29.4 Å². The first kappa shape index (κ1) is 26.8. The normalized spacial score (nSPS) is 13.4. The lowest BCUT2D eigenvalue weighted by Crippen LogP contribution is -2.26. The van der Waals surface area contributed by atoms with Gasteiger partial charge in [0.1, 0.15) is 0 Å². The number of anilines is 3. The Hall–Kier alpha value is -5.82. The molecule has 8 rings (SSSR count). The Morgan fingerprint density at radius 3 is 1.91 bits per heavy atom. The number of hydrogen-bond acceptors (Lipinski definition) is 5. The van der Waals surface area contributed by atoms with Gasteiger partial charge >= 0.3 is 0 Å². The molecule has 0 atom stereocenters. The van der Waals surface area contributed by atoms with Gasteiger partial charge in [0.2, 0.25) is 0 Å². The average molecular weight is 596 g/mol. The number of aryl methyl sites for hydroxylation is 2. The van der Waals surface area contributed by atoms with Crippen LogP contribution in [0.4, 0.5) is 17.1 Å². The molecular formula is C39H25N5S. The molecule has 45 heavy (non-hydrogen) atoms. The number of thiophene rings is 1. The number of nitrogens with zero attached hydrogens (tertiary/aromatic N) is 5. The van der Waals surface area contributed by atoms with Crippen LogP contribution in [0.15, 0.2) is 115 Å². The molecule has 3 aromatic heterocycles. The predicted octanol–water partition coefficient (Wildman–Crippen LogP) is 9.75. The number of fused-ring (bicyclic) bond motifs is 10. The Morgan fingerprint density at radius 1 is 0.778 bits per heavy atom. The maximum Gasteiger partial charge on any atom is 0.263 e. The van der Waals surface area contributed by atoms with Gasteiger partial charge in [-0.3, -0.25) is 9.97 Å². The number of benzene rings is 3. The van der Waals surface area contributed by atoms with Gasteiger partial charge in [-0.2, -0.15) is 0 Å². The van der Waals surface area contributed by atoms with Gasteiger partial charge in [-0.15, -0.1) is 11.3 Å². The number of allylic oxidation sites excluding steroid dienone is 1. The molecule has 6 heteroatoms. The van der Waals surface area contributed by atoms with Crippen LogP contribution < -0.4 is 4.90 Å². The van der Waals surface area contributed by atoms with Gasteiger partial charge in [-0.05, 0) is 102 Å². The third-order valence-corrected chi connectivity index (χ3v) is 9.93. The molecule has 0 saturated carbocycles. The fourth-order valence-corrected chi connectivity index (χ4v) is 8.06. The van der Waals surface area contributed by atoms with Crippen LogP contribution in [-0.4, -0.2) is 9.97 Å². The summed E-state index contributed by atoms with van der Waals surface area (Å²) >= 11 is 1.62. The van der Waals surface area contributed by atoms with Crippen LogP contribution in [0.1, 0.15) is 38.3 Å². The van der Waals surface area contributed by atoms with E-state index in [0.29, 0.717) is 0 Å². The second-order valence-electron chi connectivity index (χ2n) is 11.4. The van der Waals surface area contributed by atoms with E-state index < -0.39 is 5.41 Å². The van der Waals surface area contributed by atoms with Crippen LogP contribution >= 0.6 is 11.3 Å². The van der Waals surface area contributed by atoms with Crippen molar-refractivity contribution in [2.24, 2.45) is 0 Å². The molecule has 3 heterocycles. The predicted molar refractivity (Wildman–Crippen MR) is 181 cm³/mol. The number of hydrogen-bond donors (Lipinski definition) is 0. The van der Waals surface area contributed by atoms with Crippen LogP contribution in [0, 0.1) is 31.8 Å². The summed E-state index contributed by atoms with van der Waals surface area (Å²) in [5.41, 5.74) is 12.4. The van der Waals surface area contributed by atoms with Crippen molar-refractivity contribution in [2.45, 2.75) is 19.3 Å². The molecule has 1 spiro atoms. The van der Waals surface area contributed by atoms with E-state index in [1.54, 1.807) is 17.4 Å². The fraction of sp³-hybridized carbons (Fsp3) is 0.0769. The van der Waals surface area contributed by atoms with Crippen LogP contribution in [0.5, 0.6) is 0 Å². The average Bonchev–Trinajstić information content (AvgIpc) is 3.70. The van der Waals surface area contributed by atoms with Crippen molar-refractivity contribution < 1.29 is 0 Å². The molecule has 0 radical (unpaired) electrons. The summed E-state index contributed by atoms with van der Waals surface area (Å²) in [7, 11) is 0. The van der Waals surface area contributed by atoms with Crippen molar-refractivity contribution in [3.63, 3.8) is 0 Å². The summed E-state index contributed by atoms with van der Waals surface area (Å²) in [6.45, 7) is 11.7. The first-order valence-corrected chi connectivity index (χ1v) is 15.5. The van der Waals surface area contributed by atoms with Crippen molar-refractivity contribution >= 4 is 34.5 Å². The molecular weight excluding hydrogens is 571 g/mol. The Labute approximate surface area is 265 Å². The molecule has 3 aromatic carbocycles. The molecule has 2 aliphatic rings. The van der Waals surface area contributed by atoms with E-state index in [9.17, 15) is 5.26 Å². The Bertz CT molecular complexity index is 2160. The zero-order valence-electron chi connectivity index (χ0n) is 24.6. The van der Waals surface area contributed by atoms with Gasteiger partial charge in [0, 0.05) is 39.2 Å². The molecule has 6 aromatic rings. The van der Waals surface area contributed by atoms with Gasteiger partial charge in [0.15, 0.2) is 0 Å². The van der Waals surface area contributed by atoms with E-state index in [-0.39, 0.29) is 5.70 Å². The Kier molecular flexibility index (Phi) is 6.03. The summed E-state index contributed by atoms with van der Waals surface area (Å²) in [6.07, 6.45) is 5.35. The van der Waals surface area contributed by atoms with E-state index >= 15 is 0 Å². The fourth-order valence-electron chi connectivity index (χ4n) is 6.86. The lowest BCUT2D eigenvalue weighted by Gasteiger charge is -2.31. The number of nitriles is 1. The lowest BCUT2D eigenvalue weighted by molar-refractivity contribution is 0.791. The zero-order valence-corrected chi connectivity index (χ0v) is 25.4. The zero-order chi connectivity index (χ0) is 30.7. The summed E-state index contributed by atoms with van der Waals surface area (Å²) < 4.78 is 0. The van der Waals surface area contributed by atoms with Gasteiger partial charge < -0.3 is 4.90 Å². The second-order valence-corrected chi connectivity index (χ2v) is 12.5. The molecule has 2 aliphatic carbocycles. The Morgan fingerprint density at radius 2 is 1.36 bits per heavy atom. The minimum atomic E-state index is -0.645. The van der Waals surface area contributed by atoms with Crippen LogP contribution in [0.3, 0.4) is 0 Å².